The summed E-state index contributed by atoms with van der Waals surface area (Å²) in [6, 6.07) is 9.67. The predicted molar refractivity (Wildman–Crippen MR) is 61.2 cm³/mol. The topological polar surface area (TPSA) is 50.2 Å². The van der Waals surface area contributed by atoms with Crippen LogP contribution in [0.25, 0.3) is 16.8 Å². The third kappa shape index (κ3) is 1.24. The first-order valence-electron chi connectivity index (χ1n) is 4.96. The monoisotopic (exact) mass is 211 g/mol. The summed E-state index contributed by atoms with van der Waals surface area (Å²) in [5, 5.41) is 0. The van der Waals surface area contributed by atoms with Gasteiger partial charge in [-0.1, -0.05) is 30.3 Å². The summed E-state index contributed by atoms with van der Waals surface area (Å²) in [4.78, 5) is 18.6. The first-order chi connectivity index (χ1) is 7.86. The third-order valence-corrected chi connectivity index (χ3v) is 2.51. The summed E-state index contributed by atoms with van der Waals surface area (Å²) in [6.07, 6.45) is 5.02. The highest BCUT2D eigenvalue weighted by Crippen LogP contribution is 2.19. The molecule has 4 heteroatoms. The molecule has 1 N–H and O–H groups in total. The molecular formula is C12H9N3O. The minimum atomic E-state index is -0.126. The lowest BCUT2D eigenvalue weighted by Crippen LogP contribution is -2.07. The van der Waals surface area contributed by atoms with Gasteiger partial charge in [-0.3, -0.25) is 9.20 Å². The molecule has 3 rings (SSSR count). The largest absolute Gasteiger partial charge is 0.326 e. The van der Waals surface area contributed by atoms with Crippen molar-refractivity contribution in [2.75, 3.05) is 0 Å². The molecule has 0 aliphatic rings. The molecular weight excluding hydrogens is 202 g/mol. The Kier molecular flexibility index (Phi) is 1.86. The number of hydrogen-bond donors (Lipinski definition) is 1. The van der Waals surface area contributed by atoms with Crippen molar-refractivity contribution in [2.45, 2.75) is 0 Å². The molecule has 2 aromatic heterocycles. The zero-order valence-electron chi connectivity index (χ0n) is 8.42. The van der Waals surface area contributed by atoms with E-state index in [0.717, 1.165) is 5.56 Å². The van der Waals surface area contributed by atoms with Gasteiger partial charge >= 0.3 is 0 Å². The molecule has 16 heavy (non-hydrogen) atoms. The molecule has 0 aliphatic heterocycles. The van der Waals surface area contributed by atoms with Gasteiger partial charge in [0.2, 0.25) is 0 Å². The van der Waals surface area contributed by atoms with Crippen LogP contribution in [-0.4, -0.2) is 14.4 Å². The van der Waals surface area contributed by atoms with Crippen molar-refractivity contribution in [2.24, 2.45) is 0 Å². The molecule has 3 aromatic rings. The van der Waals surface area contributed by atoms with Crippen LogP contribution < -0.4 is 5.56 Å². The van der Waals surface area contributed by atoms with Gasteiger partial charge in [0.25, 0.3) is 5.56 Å². The Labute approximate surface area is 91.2 Å². The molecule has 2 heterocycles. The molecule has 78 valence electrons. The summed E-state index contributed by atoms with van der Waals surface area (Å²) >= 11 is 0. The predicted octanol–water partition coefficient (Wildman–Crippen LogP) is 1.69. The van der Waals surface area contributed by atoms with Crippen molar-refractivity contribution in [1.82, 2.24) is 14.4 Å². The number of nitrogens with zero attached hydrogens (tertiary/aromatic N) is 2. The highest BCUT2D eigenvalue weighted by molar-refractivity contribution is 5.76. The molecule has 0 radical (unpaired) electrons. The van der Waals surface area contributed by atoms with E-state index >= 15 is 0 Å². The van der Waals surface area contributed by atoms with Crippen molar-refractivity contribution in [3.05, 3.63) is 59.4 Å². The SMILES string of the molecule is O=c1[nH]ccn2cnc(-c3ccccc3)c12. The van der Waals surface area contributed by atoms with Crippen LogP contribution >= 0.6 is 0 Å². The van der Waals surface area contributed by atoms with Gasteiger partial charge in [0, 0.05) is 18.0 Å². The van der Waals surface area contributed by atoms with E-state index in [1.54, 1.807) is 23.1 Å². The van der Waals surface area contributed by atoms with E-state index in [-0.39, 0.29) is 5.56 Å². The summed E-state index contributed by atoms with van der Waals surface area (Å²) < 4.78 is 1.72. The van der Waals surface area contributed by atoms with Gasteiger partial charge in [-0.2, -0.15) is 0 Å². The fourth-order valence-corrected chi connectivity index (χ4v) is 1.77. The maximum atomic E-state index is 11.7. The minimum absolute atomic E-state index is 0.126. The van der Waals surface area contributed by atoms with E-state index in [0.29, 0.717) is 11.2 Å². The molecule has 0 unspecified atom stereocenters. The first kappa shape index (κ1) is 8.91. The summed E-state index contributed by atoms with van der Waals surface area (Å²) in [5.74, 6) is 0. The number of hydrogen-bond acceptors (Lipinski definition) is 2. The molecule has 4 nitrogen and oxygen atoms in total. The molecule has 0 fully saturated rings. The second kappa shape index (κ2) is 3.34. The number of imidazole rings is 1. The number of rotatable bonds is 1. The molecule has 0 aliphatic carbocycles. The standard InChI is InChI=1S/C12H9N3O/c16-12-11-10(9-4-2-1-3-5-9)14-8-15(11)7-6-13-12/h1-8H,(H,13,16). The van der Waals surface area contributed by atoms with Crippen LogP contribution in [-0.2, 0) is 0 Å². The lowest BCUT2D eigenvalue weighted by atomic mass is 10.1. The van der Waals surface area contributed by atoms with Gasteiger partial charge in [-0.15, -0.1) is 0 Å². The maximum Gasteiger partial charge on any atom is 0.274 e. The van der Waals surface area contributed by atoms with Crippen LogP contribution in [0, 0.1) is 0 Å². The lowest BCUT2D eigenvalue weighted by molar-refractivity contribution is 1.09. The Balaban J connectivity index is 2.38. The van der Waals surface area contributed by atoms with Gasteiger partial charge in [0.15, 0.2) is 0 Å². The zero-order valence-corrected chi connectivity index (χ0v) is 8.42. The summed E-state index contributed by atoms with van der Waals surface area (Å²) in [5.41, 5.74) is 2.11. The van der Waals surface area contributed by atoms with Gasteiger partial charge in [0.05, 0.1) is 0 Å². The number of aromatic amines is 1. The number of aromatic nitrogens is 3. The maximum absolute atomic E-state index is 11.7. The van der Waals surface area contributed by atoms with Crippen LogP contribution in [0.1, 0.15) is 0 Å². The van der Waals surface area contributed by atoms with Crippen molar-refractivity contribution < 1.29 is 0 Å². The molecule has 0 atom stereocenters. The molecule has 0 bridgehead atoms. The average Bonchev–Trinajstić information content (AvgIpc) is 2.75. The Morgan fingerprint density at radius 2 is 2.00 bits per heavy atom. The quantitative estimate of drug-likeness (QED) is 0.665. The lowest BCUT2D eigenvalue weighted by Gasteiger charge is -1.97. The van der Waals surface area contributed by atoms with Crippen LogP contribution in [0.15, 0.2) is 53.8 Å². The van der Waals surface area contributed by atoms with Gasteiger partial charge in [0.1, 0.15) is 17.5 Å². The second-order valence-corrected chi connectivity index (χ2v) is 3.50. The van der Waals surface area contributed by atoms with Gasteiger partial charge in [-0.05, 0) is 0 Å². The Bertz CT molecular complexity index is 682. The smallest absolute Gasteiger partial charge is 0.274 e. The fraction of sp³-hybridized carbons (Fsp3) is 0. The molecule has 0 saturated heterocycles. The van der Waals surface area contributed by atoms with Crippen molar-refractivity contribution in [1.29, 1.82) is 0 Å². The van der Waals surface area contributed by atoms with Crippen LogP contribution in [0.2, 0.25) is 0 Å². The minimum Gasteiger partial charge on any atom is -0.326 e. The molecule has 0 spiro atoms. The Morgan fingerprint density at radius 1 is 1.19 bits per heavy atom. The van der Waals surface area contributed by atoms with Crippen LogP contribution in [0.5, 0.6) is 0 Å². The highest BCUT2D eigenvalue weighted by Gasteiger charge is 2.08. The van der Waals surface area contributed by atoms with Crippen LogP contribution in [0.3, 0.4) is 0 Å². The molecule has 0 saturated carbocycles. The van der Waals surface area contributed by atoms with Crippen molar-refractivity contribution in [3.63, 3.8) is 0 Å². The second-order valence-electron chi connectivity index (χ2n) is 3.50. The normalized spacial score (nSPS) is 10.8. The number of benzene rings is 1. The van der Waals surface area contributed by atoms with E-state index in [2.05, 4.69) is 9.97 Å². The van der Waals surface area contributed by atoms with Gasteiger partial charge < -0.3 is 4.98 Å². The van der Waals surface area contributed by atoms with E-state index < -0.39 is 0 Å². The number of fused-ring (bicyclic) bond motifs is 1. The fourth-order valence-electron chi connectivity index (χ4n) is 1.77. The highest BCUT2D eigenvalue weighted by atomic mass is 16.1. The van der Waals surface area contributed by atoms with Crippen LogP contribution in [0.4, 0.5) is 0 Å². The van der Waals surface area contributed by atoms with E-state index in [9.17, 15) is 4.79 Å². The number of nitrogens with one attached hydrogen (secondary N) is 1. The Hall–Kier alpha value is -2.36. The zero-order chi connectivity index (χ0) is 11.0. The van der Waals surface area contributed by atoms with E-state index in [4.69, 9.17) is 0 Å². The third-order valence-electron chi connectivity index (χ3n) is 2.51. The number of H-pyrrole nitrogens is 1. The summed E-state index contributed by atoms with van der Waals surface area (Å²) in [6.45, 7) is 0. The molecule has 1 aromatic carbocycles. The summed E-state index contributed by atoms with van der Waals surface area (Å²) in [7, 11) is 0. The average molecular weight is 211 g/mol. The van der Waals surface area contributed by atoms with Crippen molar-refractivity contribution in [3.8, 4) is 11.3 Å². The Morgan fingerprint density at radius 3 is 2.81 bits per heavy atom. The van der Waals surface area contributed by atoms with Crippen molar-refractivity contribution >= 4 is 5.52 Å². The first-order valence-corrected chi connectivity index (χ1v) is 4.96. The van der Waals surface area contributed by atoms with Gasteiger partial charge in [-0.25, -0.2) is 4.98 Å². The van der Waals surface area contributed by atoms with E-state index in [1.807, 2.05) is 30.3 Å². The molecule has 0 amide bonds. The van der Waals surface area contributed by atoms with E-state index in [1.165, 1.54) is 0 Å².